The van der Waals surface area contributed by atoms with Crippen molar-refractivity contribution in [1.82, 2.24) is 19.7 Å². The Morgan fingerprint density at radius 2 is 1.81 bits per heavy atom. The summed E-state index contributed by atoms with van der Waals surface area (Å²) in [5.74, 6) is 0. The zero-order chi connectivity index (χ0) is 19.1. The standard InChI is InChI=1S/C19H16BrN5O2/c1-10-7-12(20)3-6-17(10)25-18(26)14(11(2)24-25)9-21-13-4-5-15-16(8-13)23-19(27)22-15/h3-9,24H,1-2H3,(H2,22,23,27). The zero-order valence-corrected chi connectivity index (χ0v) is 16.2. The highest BCUT2D eigenvalue weighted by molar-refractivity contribution is 9.10. The van der Waals surface area contributed by atoms with Crippen molar-refractivity contribution in [3.8, 4) is 5.69 Å². The van der Waals surface area contributed by atoms with Gasteiger partial charge in [-0.3, -0.25) is 14.9 Å². The second-order valence-corrected chi connectivity index (χ2v) is 7.20. The van der Waals surface area contributed by atoms with Crippen LogP contribution in [0.15, 0.2) is 55.5 Å². The minimum Gasteiger partial charge on any atom is -0.306 e. The molecule has 0 radical (unpaired) electrons. The molecule has 0 spiro atoms. The highest BCUT2D eigenvalue weighted by Gasteiger charge is 2.12. The zero-order valence-electron chi connectivity index (χ0n) is 14.6. The molecular weight excluding hydrogens is 410 g/mol. The maximum absolute atomic E-state index is 12.8. The number of aromatic nitrogens is 4. The average molecular weight is 426 g/mol. The van der Waals surface area contributed by atoms with Gasteiger partial charge in [-0.05, 0) is 55.8 Å². The van der Waals surface area contributed by atoms with E-state index < -0.39 is 0 Å². The van der Waals surface area contributed by atoms with Crippen LogP contribution < -0.4 is 11.2 Å². The summed E-state index contributed by atoms with van der Waals surface area (Å²) in [6.45, 7) is 3.78. The van der Waals surface area contributed by atoms with Gasteiger partial charge in [0.25, 0.3) is 5.56 Å². The molecule has 27 heavy (non-hydrogen) atoms. The first-order valence-electron chi connectivity index (χ1n) is 8.26. The lowest BCUT2D eigenvalue weighted by Gasteiger charge is -2.06. The third-order valence-electron chi connectivity index (χ3n) is 4.36. The molecule has 2 aromatic carbocycles. The number of hydrogen-bond donors (Lipinski definition) is 3. The number of H-pyrrole nitrogens is 3. The number of rotatable bonds is 3. The maximum atomic E-state index is 12.8. The van der Waals surface area contributed by atoms with Crippen molar-refractivity contribution in [2.75, 3.05) is 0 Å². The van der Waals surface area contributed by atoms with Gasteiger partial charge in [0.15, 0.2) is 0 Å². The van der Waals surface area contributed by atoms with Gasteiger partial charge >= 0.3 is 5.69 Å². The lowest BCUT2D eigenvalue weighted by atomic mass is 10.2. The molecule has 0 saturated carbocycles. The van der Waals surface area contributed by atoms with Crippen LogP contribution in [0.2, 0.25) is 0 Å². The van der Waals surface area contributed by atoms with Crippen LogP contribution in [-0.2, 0) is 0 Å². The number of benzene rings is 2. The molecule has 4 aromatic rings. The Morgan fingerprint density at radius 1 is 1.04 bits per heavy atom. The van der Waals surface area contributed by atoms with Gasteiger partial charge in [0.2, 0.25) is 0 Å². The Kier molecular flexibility index (Phi) is 4.19. The van der Waals surface area contributed by atoms with Crippen molar-refractivity contribution in [3.63, 3.8) is 0 Å². The quantitative estimate of drug-likeness (QED) is 0.437. The van der Waals surface area contributed by atoms with Crippen molar-refractivity contribution in [1.29, 1.82) is 0 Å². The van der Waals surface area contributed by atoms with E-state index in [1.807, 2.05) is 32.0 Å². The third-order valence-corrected chi connectivity index (χ3v) is 4.85. The Bertz CT molecular complexity index is 1310. The Labute approximate surface area is 161 Å². The van der Waals surface area contributed by atoms with E-state index in [1.54, 1.807) is 24.4 Å². The fourth-order valence-corrected chi connectivity index (χ4v) is 3.47. The summed E-state index contributed by atoms with van der Waals surface area (Å²) in [5.41, 5.74) is 4.56. The summed E-state index contributed by atoms with van der Waals surface area (Å²) >= 11 is 3.43. The summed E-state index contributed by atoms with van der Waals surface area (Å²) < 4.78 is 2.48. The lowest BCUT2D eigenvalue weighted by molar-refractivity contribution is 0.828. The van der Waals surface area contributed by atoms with E-state index >= 15 is 0 Å². The Hall–Kier alpha value is -3.13. The van der Waals surface area contributed by atoms with Gasteiger partial charge in [-0.25, -0.2) is 9.48 Å². The number of imidazole rings is 1. The van der Waals surface area contributed by atoms with E-state index in [0.29, 0.717) is 22.3 Å². The van der Waals surface area contributed by atoms with Crippen LogP contribution in [0.5, 0.6) is 0 Å². The molecular formula is C19H16BrN5O2. The van der Waals surface area contributed by atoms with Gasteiger partial charge < -0.3 is 9.97 Å². The van der Waals surface area contributed by atoms with E-state index in [0.717, 1.165) is 21.4 Å². The monoisotopic (exact) mass is 425 g/mol. The van der Waals surface area contributed by atoms with Crippen LogP contribution >= 0.6 is 15.9 Å². The largest absolute Gasteiger partial charge is 0.323 e. The number of nitrogens with one attached hydrogen (secondary N) is 3. The molecule has 0 aliphatic carbocycles. The van der Waals surface area contributed by atoms with E-state index in [4.69, 9.17) is 0 Å². The SMILES string of the molecule is Cc1cc(Br)ccc1-n1[nH]c(C)c(C=Nc2ccc3[nH]c(=O)[nH]c3c2)c1=O. The molecule has 0 atom stereocenters. The van der Waals surface area contributed by atoms with Crippen LogP contribution in [0.4, 0.5) is 5.69 Å². The summed E-state index contributed by atoms with van der Waals surface area (Å²) in [6, 6.07) is 11.0. The number of nitrogens with zero attached hydrogens (tertiary/aromatic N) is 2. The maximum Gasteiger partial charge on any atom is 0.323 e. The van der Waals surface area contributed by atoms with E-state index in [9.17, 15) is 9.59 Å². The van der Waals surface area contributed by atoms with E-state index in [1.165, 1.54) is 4.68 Å². The van der Waals surface area contributed by atoms with Crippen LogP contribution in [0, 0.1) is 13.8 Å². The van der Waals surface area contributed by atoms with Gasteiger partial charge in [-0.15, -0.1) is 0 Å². The van der Waals surface area contributed by atoms with Gasteiger partial charge in [0, 0.05) is 16.4 Å². The molecule has 3 N–H and O–H groups in total. The molecule has 0 aliphatic rings. The summed E-state index contributed by atoms with van der Waals surface area (Å²) in [4.78, 5) is 34.0. The van der Waals surface area contributed by atoms with Crippen molar-refractivity contribution in [3.05, 3.63) is 78.5 Å². The van der Waals surface area contributed by atoms with Crippen molar-refractivity contribution >= 4 is 38.9 Å². The average Bonchev–Trinajstić information content (AvgIpc) is 3.11. The lowest BCUT2D eigenvalue weighted by Crippen LogP contribution is -2.18. The molecule has 0 fully saturated rings. The molecule has 2 aromatic heterocycles. The van der Waals surface area contributed by atoms with Crippen LogP contribution in [0.25, 0.3) is 16.7 Å². The van der Waals surface area contributed by atoms with Crippen LogP contribution in [0.3, 0.4) is 0 Å². The molecule has 0 bridgehead atoms. The number of aliphatic imine (C=N–C) groups is 1. The first-order valence-corrected chi connectivity index (χ1v) is 9.06. The predicted octanol–water partition coefficient (Wildman–Crippen LogP) is 3.47. The first kappa shape index (κ1) is 17.3. The van der Waals surface area contributed by atoms with Crippen LogP contribution in [-0.4, -0.2) is 26.0 Å². The molecule has 0 unspecified atom stereocenters. The van der Waals surface area contributed by atoms with Crippen molar-refractivity contribution < 1.29 is 0 Å². The van der Waals surface area contributed by atoms with Crippen LogP contribution in [0.1, 0.15) is 16.8 Å². The number of aryl methyl sites for hydroxylation is 2. The van der Waals surface area contributed by atoms with Gasteiger partial charge in [-0.2, -0.15) is 0 Å². The Morgan fingerprint density at radius 3 is 2.59 bits per heavy atom. The topological polar surface area (TPSA) is 98.8 Å². The van der Waals surface area contributed by atoms with Crippen molar-refractivity contribution in [2.45, 2.75) is 13.8 Å². The minimum absolute atomic E-state index is 0.169. The highest BCUT2D eigenvalue weighted by atomic mass is 79.9. The second kappa shape index (κ2) is 6.55. The summed E-state index contributed by atoms with van der Waals surface area (Å²) in [5, 5.41) is 3.10. The molecule has 8 heteroatoms. The summed E-state index contributed by atoms with van der Waals surface area (Å²) in [6.07, 6.45) is 1.55. The van der Waals surface area contributed by atoms with E-state index in [-0.39, 0.29) is 11.2 Å². The Balaban J connectivity index is 1.73. The molecule has 0 amide bonds. The number of fused-ring (bicyclic) bond motifs is 1. The fraction of sp³-hybridized carbons (Fsp3) is 0.105. The smallest absolute Gasteiger partial charge is 0.306 e. The summed E-state index contributed by atoms with van der Waals surface area (Å²) in [7, 11) is 0. The fourth-order valence-electron chi connectivity index (χ4n) is 2.99. The van der Waals surface area contributed by atoms with Gasteiger partial charge in [0.05, 0.1) is 28.0 Å². The molecule has 0 aliphatic heterocycles. The number of aromatic amines is 3. The highest BCUT2D eigenvalue weighted by Crippen LogP contribution is 2.19. The number of hydrogen-bond acceptors (Lipinski definition) is 3. The van der Waals surface area contributed by atoms with Crippen molar-refractivity contribution in [2.24, 2.45) is 4.99 Å². The first-order chi connectivity index (χ1) is 12.9. The number of halogens is 1. The third kappa shape index (κ3) is 3.19. The predicted molar refractivity (Wildman–Crippen MR) is 110 cm³/mol. The molecule has 7 nitrogen and oxygen atoms in total. The molecule has 2 heterocycles. The van der Waals surface area contributed by atoms with E-state index in [2.05, 4.69) is 36.0 Å². The minimum atomic E-state index is -0.264. The van der Waals surface area contributed by atoms with Gasteiger partial charge in [0.1, 0.15) is 0 Å². The second-order valence-electron chi connectivity index (χ2n) is 6.29. The molecule has 4 rings (SSSR count). The normalized spacial score (nSPS) is 11.7. The van der Waals surface area contributed by atoms with Gasteiger partial charge in [-0.1, -0.05) is 15.9 Å². The molecule has 0 saturated heterocycles. The molecule has 136 valence electrons.